The maximum atomic E-state index is 7.19. The van der Waals surface area contributed by atoms with E-state index in [1.54, 1.807) is 0 Å². The Morgan fingerprint density at radius 2 is 0.844 bits per heavy atom. The summed E-state index contributed by atoms with van der Waals surface area (Å²) in [6, 6.07) is 18.8. The molecule has 3 aromatic rings. The second-order valence-corrected chi connectivity index (χ2v) is 16.9. The summed E-state index contributed by atoms with van der Waals surface area (Å²) in [6.07, 6.45) is 5.38. The Labute approximate surface area is 278 Å². The smallest absolute Gasteiger partial charge is 0.135 e. The Balaban J connectivity index is 2.43. The standard InChI is InChI=1S/C44H66O/c1-17-40(7,8)31-22-24-33(35(28-31)43(13,14)20-4)39-30(6)34(42(11,12)19-3)25-27-38(39)45-37-26-23-32(41(9,10)18-2)29-36(37)44(15,16)21-5/h22-29H,17-21H2,1-16H3. The first kappa shape index (κ1) is 36.9. The summed E-state index contributed by atoms with van der Waals surface area (Å²) in [4.78, 5) is 0. The van der Waals surface area contributed by atoms with E-state index in [1.165, 1.54) is 44.5 Å². The van der Waals surface area contributed by atoms with Gasteiger partial charge in [0.05, 0.1) is 0 Å². The molecule has 0 aliphatic carbocycles. The number of rotatable bonds is 13. The highest BCUT2D eigenvalue weighted by molar-refractivity contribution is 5.80. The maximum Gasteiger partial charge on any atom is 0.135 e. The molecule has 3 rings (SSSR count). The van der Waals surface area contributed by atoms with Gasteiger partial charge >= 0.3 is 0 Å². The monoisotopic (exact) mass is 611 g/mol. The molecule has 0 spiro atoms. The fourth-order valence-electron chi connectivity index (χ4n) is 6.25. The lowest BCUT2D eigenvalue weighted by Gasteiger charge is -2.34. The van der Waals surface area contributed by atoms with Crippen molar-refractivity contribution in [3.63, 3.8) is 0 Å². The SMILES string of the molecule is CCC(C)(C)c1ccc(Oc2ccc(C(C)(C)CC)c(C)c2-c2ccc(C(C)(C)CC)cc2C(C)(C)CC)c(C(C)(C)CC)c1. The van der Waals surface area contributed by atoms with Gasteiger partial charge in [-0.05, 0) is 112 Å². The van der Waals surface area contributed by atoms with Crippen LogP contribution in [0.1, 0.15) is 169 Å². The molecule has 0 saturated carbocycles. The van der Waals surface area contributed by atoms with Crippen molar-refractivity contribution in [2.75, 3.05) is 0 Å². The summed E-state index contributed by atoms with van der Waals surface area (Å²) in [5, 5.41) is 0. The Morgan fingerprint density at radius 3 is 1.33 bits per heavy atom. The van der Waals surface area contributed by atoms with Crippen LogP contribution in [0.4, 0.5) is 0 Å². The first-order valence-electron chi connectivity index (χ1n) is 17.8. The zero-order chi connectivity index (χ0) is 34.2. The van der Waals surface area contributed by atoms with Crippen LogP contribution >= 0.6 is 0 Å². The number of hydrogen-bond acceptors (Lipinski definition) is 1. The topological polar surface area (TPSA) is 9.23 Å². The highest BCUT2D eigenvalue weighted by atomic mass is 16.5. The van der Waals surface area contributed by atoms with Crippen LogP contribution in [0.5, 0.6) is 11.5 Å². The zero-order valence-corrected chi connectivity index (χ0v) is 32.1. The van der Waals surface area contributed by atoms with Crippen molar-refractivity contribution in [2.45, 2.75) is 170 Å². The van der Waals surface area contributed by atoms with Crippen LogP contribution in [0.3, 0.4) is 0 Å². The fraction of sp³-hybridized carbons (Fsp3) is 0.591. The van der Waals surface area contributed by atoms with E-state index < -0.39 is 0 Å². The van der Waals surface area contributed by atoms with E-state index in [0.717, 1.165) is 43.6 Å². The van der Waals surface area contributed by atoms with Crippen molar-refractivity contribution in [3.05, 3.63) is 81.9 Å². The molecule has 0 N–H and O–H groups in total. The number of ether oxygens (including phenoxy) is 1. The van der Waals surface area contributed by atoms with Gasteiger partial charge in [-0.1, -0.05) is 140 Å². The van der Waals surface area contributed by atoms with E-state index >= 15 is 0 Å². The second-order valence-electron chi connectivity index (χ2n) is 16.9. The van der Waals surface area contributed by atoms with E-state index in [-0.39, 0.29) is 27.1 Å². The van der Waals surface area contributed by atoms with Crippen LogP contribution in [0.25, 0.3) is 11.1 Å². The van der Waals surface area contributed by atoms with Crippen LogP contribution < -0.4 is 4.74 Å². The zero-order valence-electron chi connectivity index (χ0n) is 32.1. The van der Waals surface area contributed by atoms with Gasteiger partial charge in [0.1, 0.15) is 11.5 Å². The maximum absolute atomic E-state index is 7.19. The highest BCUT2D eigenvalue weighted by Crippen LogP contribution is 2.48. The molecule has 1 nitrogen and oxygen atoms in total. The molecule has 0 aromatic heterocycles. The van der Waals surface area contributed by atoms with E-state index in [1.807, 2.05) is 0 Å². The average Bonchev–Trinajstić information content (AvgIpc) is 3.00. The molecule has 0 radical (unpaired) electrons. The lowest BCUT2D eigenvalue weighted by atomic mass is 9.72. The van der Waals surface area contributed by atoms with Gasteiger partial charge in [-0.25, -0.2) is 0 Å². The van der Waals surface area contributed by atoms with Crippen molar-refractivity contribution in [1.29, 1.82) is 0 Å². The van der Waals surface area contributed by atoms with Crippen molar-refractivity contribution in [1.82, 2.24) is 0 Å². The first-order chi connectivity index (χ1) is 20.7. The molecule has 248 valence electrons. The van der Waals surface area contributed by atoms with Gasteiger partial charge in [-0.15, -0.1) is 0 Å². The van der Waals surface area contributed by atoms with Crippen molar-refractivity contribution >= 4 is 0 Å². The summed E-state index contributed by atoms with van der Waals surface area (Å²) in [6.45, 7) is 37.5. The van der Waals surface area contributed by atoms with Gasteiger partial charge in [0.25, 0.3) is 0 Å². The van der Waals surface area contributed by atoms with E-state index in [9.17, 15) is 0 Å². The van der Waals surface area contributed by atoms with Crippen LogP contribution in [-0.4, -0.2) is 0 Å². The van der Waals surface area contributed by atoms with E-state index in [0.29, 0.717) is 0 Å². The van der Waals surface area contributed by atoms with Crippen LogP contribution in [-0.2, 0) is 27.1 Å². The lowest BCUT2D eigenvalue weighted by molar-refractivity contribution is 0.432. The van der Waals surface area contributed by atoms with Crippen LogP contribution in [0.2, 0.25) is 0 Å². The van der Waals surface area contributed by atoms with Gasteiger partial charge in [-0.2, -0.15) is 0 Å². The van der Waals surface area contributed by atoms with E-state index in [4.69, 9.17) is 4.74 Å². The van der Waals surface area contributed by atoms with Gasteiger partial charge in [0, 0.05) is 11.1 Å². The molecule has 0 aliphatic rings. The molecule has 0 unspecified atom stereocenters. The highest BCUT2D eigenvalue weighted by Gasteiger charge is 2.32. The van der Waals surface area contributed by atoms with Crippen molar-refractivity contribution in [3.8, 4) is 22.6 Å². The fourth-order valence-corrected chi connectivity index (χ4v) is 6.25. The molecular weight excluding hydrogens is 544 g/mol. The molecule has 0 saturated heterocycles. The Bertz CT molecular complexity index is 1480. The predicted octanol–water partition coefficient (Wildman–Crippen LogP) is 13.9. The van der Waals surface area contributed by atoms with E-state index in [2.05, 4.69) is 159 Å². The number of hydrogen-bond donors (Lipinski definition) is 0. The molecule has 0 bridgehead atoms. The summed E-state index contributed by atoms with van der Waals surface area (Å²) in [5.41, 5.74) is 11.1. The van der Waals surface area contributed by atoms with Gasteiger partial charge in [-0.3, -0.25) is 0 Å². The average molecular weight is 611 g/mol. The third-order valence-corrected chi connectivity index (χ3v) is 12.1. The molecule has 0 atom stereocenters. The third kappa shape index (κ3) is 7.39. The number of benzene rings is 3. The quantitative estimate of drug-likeness (QED) is 0.187. The third-order valence-electron chi connectivity index (χ3n) is 12.1. The normalized spacial score (nSPS) is 13.3. The molecule has 0 aliphatic heterocycles. The van der Waals surface area contributed by atoms with Crippen molar-refractivity contribution < 1.29 is 4.74 Å². The summed E-state index contributed by atoms with van der Waals surface area (Å²) in [5.74, 6) is 1.93. The Kier molecular flexibility index (Phi) is 10.9. The van der Waals surface area contributed by atoms with Crippen molar-refractivity contribution in [2.24, 2.45) is 0 Å². The minimum atomic E-state index is -0.0166. The minimum Gasteiger partial charge on any atom is -0.456 e. The largest absolute Gasteiger partial charge is 0.456 e. The predicted molar refractivity (Wildman–Crippen MR) is 200 cm³/mol. The Hall–Kier alpha value is -2.54. The molecule has 0 heterocycles. The second kappa shape index (κ2) is 13.3. The molecule has 0 amide bonds. The molecule has 1 heteroatoms. The first-order valence-corrected chi connectivity index (χ1v) is 17.8. The summed E-state index contributed by atoms with van der Waals surface area (Å²) < 4.78 is 7.19. The summed E-state index contributed by atoms with van der Waals surface area (Å²) in [7, 11) is 0. The minimum absolute atomic E-state index is 0.0118. The molecule has 0 fully saturated rings. The summed E-state index contributed by atoms with van der Waals surface area (Å²) >= 11 is 0. The van der Waals surface area contributed by atoms with Crippen LogP contribution in [0, 0.1) is 6.92 Å². The Morgan fingerprint density at radius 1 is 0.444 bits per heavy atom. The molecule has 3 aromatic carbocycles. The molecule has 45 heavy (non-hydrogen) atoms. The van der Waals surface area contributed by atoms with Gasteiger partial charge < -0.3 is 4.74 Å². The molecular formula is C44H66O. The van der Waals surface area contributed by atoms with Crippen LogP contribution in [0.15, 0.2) is 48.5 Å². The van der Waals surface area contributed by atoms with Gasteiger partial charge in [0.2, 0.25) is 0 Å². The lowest BCUT2D eigenvalue weighted by Crippen LogP contribution is -2.22. The van der Waals surface area contributed by atoms with Gasteiger partial charge in [0.15, 0.2) is 0 Å².